The number of benzene rings is 3. The number of halogens is 1. The topological polar surface area (TPSA) is 105 Å². The summed E-state index contributed by atoms with van der Waals surface area (Å²) in [7, 11) is 0. The van der Waals surface area contributed by atoms with Gasteiger partial charge in [0.15, 0.2) is 0 Å². The SMILES string of the molecule is O=C(O)CC1(NC(=O)c2cccc(F)c2NC(=O)OCC2c3ccccc3-c3ccccc32)CC1. The van der Waals surface area contributed by atoms with E-state index in [1.54, 1.807) is 0 Å². The van der Waals surface area contributed by atoms with Gasteiger partial charge in [0.25, 0.3) is 5.91 Å². The molecule has 0 unspecified atom stereocenters. The maximum absolute atomic E-state index is 14.6. The maximum Gasteiger partial charge on any atom is 0.411 e. The van der Waals surface area contributed by atoms with Crippen LogP contribution in [0, 0.1) is 5.82 Å². The van der Waals surface area contributed by atoms with Gasteiger partial charge in [-0.25, -0.2) is 9.18 Å². The maximum atomic E-state index is 14.6. The van der Waals surface area contributed by atoms with Crippen LogP contribution in [-0.4, -0.2) is 35.2 Å². The normalized spacial score (nSPS) is 15.0. The lowest BCUT2D eigenvalue weighted by Gasteiger charge is -2.18. The van der Waals surface area contributed by atoms with Crippen LogP contribution in [0.15, 0.2) is 66.7 Å². The molecule has 0 atom stereocenters. The molecule has 0 radical (unpaired) electrons. The molecule has 2 aliphatic carbocycles. The van der Waals surface area contributed by atoms with Gasteiger partial charge in [-0.3, -0.25) is 14.9 Å². The van der Waals surface area contributed by atoms with E-state index in [1.165, 1.54) is 12.1 Å². The number of anilines is 1. The molecule has 7 nitrogen and oxygen atoms in total. The molecular weight excluding hydrogens is 451 g/mol. The van der Waals surface area contributed by atoms with Crippen LogP contribution < -0.4 is 10.6 Å². The summed E-state index contributed by atoms with van der Waals surface area (Å²) in [6.45, 7) is 0.0393. The fourth-order valence-electron chi connectivity index (χ4n) is 4.67. The van der Waals surface area contributed by atoms with Crippen LogP contribution in [-0.2, 0) is 9.53 Å². The number of nitrogens with one attached hydrogen (secondary N) is 2. The molecule has 0 heterocycles. The first-order valence-corrected chi connectivity index (χ1v) is 11.3. The van der Waals surface area contributed by atoms with E-state index in [0.29, 0.717) is 12.8 Å². The second kappa shape index (κ2) is 8.87. The van der Waals surface area contributed by atoms with Crippen LogP contribution in [0.2, 0.25) is 0 Å². The van der Waals surface area contributed by atoms with Crippen LogP contribution in [0.5, 0.6) is 0 Å². The molecule has 5 rings (SSSR count). The average Bonchev–Trinajstić information content (AvgIpc) is 3.50. The molecule has 2 aliphatic rings. The van der Waals surface area contributed by atoms with E-state index in [4.69, 9.17) is 9.84 Å². The molecule has 0 spiro atoms. The molecule has 3 aromatic carbocycles. The number of carbonyl (C=O) groups excluding carboxylic acids is 2. The first kappa shape index (κ1) is 22.6. The Morgan fingerprint density at radius 2 is 1.57 bits per heavy atom. The highest BCUT2D eigenvalue weighted by Gasteiger charge is 2.46. The van der Waals surface area contributed by atoms with Gasteiger partial charge >= 0.3 is 12.1 Å². The monoisotopic (exact) mass is 474 g/mol. The molecule has 178 valence electrons. The van der Waals surface area contributed by atoms with Crippen molar-refractivity contribution >= 4 is 23.7 Å². The second-order valence-electron chi connectivity index (χ2n) is 8.92. The molecule has 3 N–H and O–H groups in total. The molecule has 0 saturated heterocycles. The highest BCUT2D eigenvalue weighted by atomic mass is 19.1. The molecular formula is C27H23FN2O5. The number of ether oxygens (including phenoxy) is 1. The zero-order valence-corrected chi connectivity index (χ0v) is 18.7. The Morgan fingerprint density at radius 1 is 0.943 bits per heavy atom. The number of carboxylic acid groups (broad SMARTS) is 1. The van der Waals surface area contributed by atoms with Gasteiger partial charge in [-0.05, 0) is 47.2 Å². The van der Waals surface area contributed by atoms with Crippen LogP contribution in [0.3, 0.4) is 0 Å². The molecule has 0 aromatic heterocycles. The minimum atomic E-state index is -1.03. The van der Waals surface area contributed by atoms with Crippen molar-refractivity contribution in [1.29, 1.82) is 0 Å². The highest BCUT2D eigenvalue weighted by Crippen LogP contribution is 2.44. The summed E-state index contributed by atoms with van der Waals surface area (Å²) < 4.78 is 20.1. The molecule has 35 heavy (non-hydrogen) atoms. The highest BCUT2D eigenvalue weighted by molar-refractivity contribution is 6.03. The number of para-hydroxylation sites is 1. The minimum Gasteiger partial charge on any atom is -0.481 e. The van der Waals surface area contributed by atoms with Crippen molar-refractivity contribution in [1.82, 2.24) is 5.32 Å². The van der Waals surface area contributed by atoms with Crippen LogP contribution in [0.1, 0.15) is 46.7 Å². The van der Waals surface area contributed by atoms with Gasteiger partial charge in [-0.15, -0.1) is 0 Å². The summed E-state index contributed by atoms with van der Waals surface area (Å²) in [6, 6.07) is 19.6. The van der Waals surface area contributed by atoms with E-state index < -0.39 is 29.3 Å². The third kappa shape index (κ3) is 4.47. The molecule has 3 aromatic rings. The summed E-state index contributed by atoms with van der Waals surface area (Å²) >= 11 is 0. The van der Waals surface area contributed by atoms with Crippen molar-refractivity contribution < 1.29 is 28.6 Å². The van der Waals surface area contributed by atoms with E-state index in [9.17, 15) is 18.8 Å². The largest absolute Gasteiger partial charge is 0.481 e. The number of hydrogen-bond donors (Lipinski definition) is 3. The third-order valence-corrected chi connectivity index (χ3v) is 6.55. The Labute approximate surface area is 200 Å². The number of amides is 2. The number of aliphatic carboxylic acids is 1. The predicted molar refractivity (Wildman–Crippen MR) is 127 cm³/mol. The van der Waals surface area contributed by atoms with E-state index in [-0.39, 0.29) is 30.2 Å². The van der Waals surface area contributed by atoms with Gasteiger partial charge in [0.2, 0.25) is 0 Å². The van der Waals surface area contributed by atoms with Gasteiger partial charge in [-0.2, -0.15) is 0 Å². The number of carboxylic acids is 1. The Balaban J connectivity index is 1.30. The van der Waals surface area contributed by atoms with Crippen molar-refractivity contribution in [3.63, 3.8) is 0 Å². The van der Waals surface area contributed by atoms with Crippen molar-refractivity contribution in [3.8, 4) is 11.1 Å². The smallest absolute Gasteiger partial charge is 0.411 e. The molecule has 1 fully saturated rings. The van der Waals surface area contributed by atoms with E-state index in [0.717, 1.165) is 28.3 Å². The van der Waals surface area contributed by atoms with Crippen LogP contribution >= 0.6 is 0 Å². The summed E-state index contributed by atoms with van der Waals surface area (Å²) in [6.07, 6.45) is -0.0635. The fraction of sp³-hybridized carbons (Fsp3) is 0.222. The zero-order chi connectivity index (χ0) is 24.6. The fourth-order valence-corrected chi connectivity index (χ4v) is 4.67. The van der Waals surface area contributed by atoms with E-state index in [2.05, 4.69) is 10.6 Å². The minimum absolute atomic E-state index is 0.0393. The third-order valence-electron chi connectivity index (χ3n) is 6.55. The lowest BCUT2D eigenvalue weighted by molar-refractivity contribution is -0.137. The van der Waals surface area contributed by atoms with Gasteiger partial charge in [0, 0.05) is 5.92 Å². The summed E-state index contributed by atoms with van der Waals surface area (Å²) in [5, 5.41) is 14.1. The lowest BCUT2D eigenvalue weighted by Crippen LogP contribution is -2.39. The zero-order valence-electron chi connectivity index (χ0n) is 18.7. The lowest BCUT2D eigenvalue weighted by atomic mass is 9.98. The summed E-state index contributed by atoms with van der Waals surface area (Å²) in [5.41, 5.74) is 3.00. The van der Waals surface area contributed by atoms with Gasteiger partial charge in [0.05, 0.1) is 23.2 Å². The predicted octanol–water partition coefficient (Wildman–Crippen LogP) is 4.92. The first-order valence-electron chi connectivity index (χ1n) is 11.3. The van der Waals surface area contributed by atoms with Crippen molar-refractivity contribution in [2.45, 2.75) is 30.7 Å². The Morgan fingerprint density at radius 3 is 2.17 bits per heavy atom. The van der Waals surface area contributed by atoms with E-state index in [1.807, 2.05) is 48.5 Å². The Kier molecular flexibility index (Phi) is 5.72. The number of carbonyl (C=O) groups is 3. The molecule has 2 amide bonds. The average molecular weight is 474 g/mol. The van der Waals surface area contributed by atoms with Crippen LogP contribution in [0.4, 0.5) is 14.9 Å². The molecule has 0 bridgehead atoms. The molecule has 1 saturated carbocycles. The Bertz CT molecular complexity index is 1290. The van der Waals surface area contributed by atoms with Crippen molar-refractivity contribution in [2.75, 3.05) is 11.9 Å². The number of rotatable bonds is 7. The summed E-state index contributed by atoms with van der Waals surface area (Å²) in [5.74, 6) is -2.65. The first-order chi connectivity index (χ1) is 16.9. The number of fused-ring (bicyclic) bond motifs is 3. The van der Waals surface area contributed by atoms with Crippen molar-refractivity contribution in [2.24, 2.45) is 0 Å². The Hall–Kier alpha value is -4.20. The van der Waals surface area contributed by atoms with Gasteiger partial charge in [0.1, 0.15) is 12.4 Å². The van der Waals surface area contributed by atoms with Gasteiger partial charge in [-0.1, -0.05) is 54.6 Å². The molecule has 0 aliphatic heterocycles. The quantitative estimate of drug-likeness (QED) is 0.451. The summed E-state index contributed by atoms with van der Waals surface area (Å²) in [4.78, 5) is 36.6. The van der Waals surface area contributed by atoms with Gasteiger partial charge < -0.3 is 15.2 Å². The van der Waals surface area contributed by atoms with E-state index >= 15 is 0 Å². The number of hydrogen-bond acceptors (Lipinski definition) is 4. The second-order valence-corrected chi connectivity index (χ2v) is 8.92. The van der Waals surface area contributed by atoms with Crippen LogP contribution in [0.25, 0.3) is 11.1 Å². The standard InChI is InChI=1S/C27H23FN2O5/c28-22-11-5-10-20(25(33)30-27(12-13-27)14-23(31)32)24(22)29-26(34)35-15-21-18-8-3-1-6-16(18)17-7-2-4-9-19(17)21/h1-11,21H,12-15H2,(H,29,34)(H,30,33)(H,31,32). The molecule has 8 heteroatoms. The van der Waals surface area contributed by atoms with Crippen molar-refractivity contribution in [3.05, 3.63) is 89.2 Å².